The van der Waals surface area contributed by atoms with Crippen LogP contribution in [-0.2, 0) is 6.42 Å². The van der Waals surface area contributed by atoms with Crippen LogP contribution in [0.5, 0.6) is 11.5 Å². The van der Waals surface area contributed by atoms with E-state index in [2.05, 4.69) is 17.6 Å². The summed E-state index contributed by atoms with van der Waals surface area (Å²) < 4.78 is 11.0. The van der Waals surface area contributed by atoms with Crippen LogP contribution in [0.1, 0.15) is 19.4 Å². The van der Waals surface area contributed by atoms with E-state index < -0.39 is 0 Å². The van der Waals surface area contributed by atoms with Gasteiger partial charge in [-0.05, 0) is 49.2 Å². The number of carbonyl (C=O) groups excluding carboxylic acids is 1. The molecule has 0 heterocycles. The lowest BCUT2D eigenvalue weighted by atomic mass is 10.1. The lowest BCUT2D eigenvalue weighted by Crippen LogP contribution is -2.32. The fraction of sp³-hybridized carbons (Fsp3) is 0.316. The average Bonchev–Trinajstić information content (AvgIpc) is 2.61. The summed E-state index contributed by atoms with van der Waals surface area (Å²) in [6.07, 6.45) is 0.872. The number of hydrogen-bond acceptors (Lipinski definition) is 3. The molecule has 0 saturated carbocycles. The van der Waals surface area contributed by atoms with Crippen LogP contribution >= 0.6 is 0 Å². The SMILES string of the molecule is CCOc1ccc(OCCNC(=O)Nc2ccccc2CC)cc1. The third kappa shape index (κ3) is 5.50. The molecule has 0 atom stereocenters. The number of para-hydroxylation sites is 1. The molecule has 5 heteroatoms. The van der Waals surface area contributed by atoms with Gasteiger partial charge in [-0.1, -0.05) is 25.1 Å². The highest BCUT2D eigenvalue weighted by Gasteiger charge is 2.04. The van der Waals surface area contributed by atoms with Gasteiger partial charge in [0.05, 0.1) is 13.2 Å². The summed E-state index contributed by atoms with van der Waals surface area (Å²) in [6, 6.07) is 15.0. The Morgan fingerprint density at radius 3 is 2.29 bits per heavy atom. The molecule has 0 saturated heterocycles. The number of benzene rings is 2. The second-order valence-corrected chi connectivity index (χ2v) is 5.14. The number of anilines is 1. The van der Waals surface area contributed by atoms with Crippen LogP contribution in [-0.4, -0.2) is 25.8 Å². The van der Waals surface area contributed by atoms with E-state index in [1.807, 2.05) is 55.5 Å². The second kappa shape index (κ2) is 9.45. The van der Waals surface area contributed by atoms with Crippen molar-refractivity contribution in [1.29, 1.82) is 0 Å². The molecule has 0 radical (unpaired) electrons. The molecular formula is C19H24N2O3. The van der Waals surface area contributed by atoms with Gasteiger partial charge >= 0.3 is 6.03 Å². The molecule has 0 bridgehead atoms. The van der Waals surface area contributed by atoms with Crippen LogP contribution in [0.15, 0.2) is 48.5 Å². The minimum absolute atomic E-state index is 0.230. The van der Waals surface area contributed by atoms with Crippen molar-refractivity contribution in [2.45, 2.75) is 20.3 Å². The van der Waals surface area contributed by atoms with Gasteiger partial charge in [0.2, 0.25) is 0 Å². The highest BCUT2D eigenvalue weighted by molar-refractivity contribution is 5.90. The Kier molecular flexibility index (Phi) is 6.95. The molecule has 0 aliphatic rings. The Labute approximate surface area is 143 Å². The van der Waals surface area contributed by atoms with Crippen LogP contribution in [0.25, 0.3) is 0 Å². The lowest BCUT2D eigenvalue weighted by molar-refractivity contribution is 0.247. The van der Waals surface area contributed by atoms with Gasteiger partial charge in [-0.15, -0.1) is 0 Å². The molecule has 128 valence electrons. The van der Waals surface area contributed by atoms with Crippen molar-refractivity contribution in [2.24, 2.45) is 0 Å². The molecule has 0 aliphatic carbocycles. The van der Waals surface area contributed by atoms with Gasteiger partial charge in [-0.25, -0.2) is 4.79 Å². The minimum Gasteiger partial charge on any atom is -0.494 e. The fourth-order valence-corrected chi connectivity index (χ4v) is 2.25. The summed E-state index contributed by atoms with van der Waals surface area (Å²) in [5, 5.41) is 5.64. The van der Waals surface area contributed by atoms with E-state index in [0.717, 1.165) is 29.2 Å². The Hall–Kier alpha value is -2.69. The lowest BCUT2D eigenvalue weighted by Gasteiger charge is -2.11. The molecule has 2 aromatic rings. The molecule has 0 spiro atoms. The van der Waals surface area contributed by atoms with Gasteiger partial charge in [0.15, 0.2) is 0 Å². The minimum atomic E-state index is -0.230. The van der Waals surface area contributed by atoms with Gasteiger partial charge in [0, 0.05) is 5.69 Å². The number of amides is 2. The van der Waals surface area contributed by atoms with E-state index in [1.54, 1.807) is 0 Å². The predicted molar refractivity (Wildman–Crippen MR) is 95.9 cm³/mol. The Morgan fingerprint density at radius 2 is 1.62 bits per heavy atom. The Morgan fingerprint density at radius 1 is 0.958 bits per heavy atom. The summed E-state index contributed by atoms with van der Waals surface area (Å²) in [5.74, 6) is 1.56. The maximum Gasteiger partial charge on any atom is 0.319 e. The van der Waals surface area contributed by atoms with Crippen LogP contribution in [0.3, 0.4) is 0 Å². The van der Waals surface area contributed by atoms with Gasteiger partial charge in [-0.3, -0.25) is 0 Å². The van der Waals surface area contributed by atoms with Crippen molar-refractivity contribution in [3.63, 3.8) is 0 Å². The monoisotopic (exact) mass is 328 g/mol. The third-order valence-corrected chi connectivity index (χ3v) is 3.44. The van der Waals surface area contributed by atoms with Crippen molar-refractivity contribution < 1.29 is 14.3 Å². The molecule has 2 aromatic carbocycles. The number of nitrogens with one attached hydrogen (secondary N) is 2. The highest BCUT2D eigenvalue weighted by atomic mass is 16.5. The zero-order chi connectivity index (χ0) is 17.2. The number of ether oxygens (including phenoxy) is 2. The number of urea groups is 1. The first-order valence-corrected chi connectivity index (χ1v) is 8.21. The molecule has 0 unspecified atom stereocenters. The molecule has 0 fully saturated rings. The van der Waals surface area contributed by atoms with E-state index in [9.17, 15) is 4.79 Å². The Bertz CT molecular complexity index is 641. The first kappa shape index (κ1) is 17.7. The quantitative estimate of drug-likeness (QED) is 0.724. The van der Waals surface area contributed by atoms with Crippen LogP contribution in [0.2, 0.25) is 0 Å². The van der Waals surface area contributed by atoms with E-state index >= 15 is 0 Å². The van der Waals surface area contributed by atoms with E-state index in [-0.39, 0.29) is 6.03 Å². The largest absolute Gasteiger partial charge is 0.494 e. The summed E-state index contributed by atoms with van der Waals surface area (Å²) in [7, 11) is 0. The summed E-state index contributed by atoms with van der Waals surface area (Å²) in [6.45, 7) is 5.47. The van der Waals surface area contributed by atoms with Gasteiger partial charge in [0.25, 0.3) is 0 Å². The van der Waals surface area contributed by atoms with Crippen LogP contribution in [0, 0.1) is 0 Å². The molecule has 0 aliphatic heterocycles. The van der Waals surface area contributed by atoms with Crippen molar-refractivity contribution in [2.75, 3.05) is 25.1 Å². The molecule has 5 nitrogen and oxygen atoms in total. The fourth-order valence-electron chi connectivity index (χ4n) is 2.25. The standard InChI is InChI=1S/C19H24N2O3/c1-3-15-7-5-6-8-18(15)21-19(22)20-13-14-24-17-11-9-16(10-12-17)23-4-2/h5-12H,3-4,13-14H2,1-2H3,(H2,20,21,22). The first-order valence-electron chi connectivity index (χ1n) is 8.21. The summed E-state index contributed by atoms with van der Waals surface area (Å²) >= 11 is 0. The molecule has 0 aromatic heterocycles. The molecule has 2 rings (SSSR count). The normalized spacial score (nSPS) is 10.1. The maximum absolute atomic E-state index is 11.9. The van der Waals surface area contributed by atoms with Gasteiger partial charge in [0.1, 0.15) is 18.1 Å². The van der Waals surface area contributed by atoms with Crippen molar-refractivity contribution in [1.82, 2.24) is 5.32 Å². The van der Waals surface area contributed by atoms with Gasteiger partial charge in [-0.2, -0.15) is 0 Å². The number of rotatable bonds is 8. The molecule has 2 N–H and O–H groups in total. The van der Waals surface area contributed by atoms with Gasteiger partial charge < -0.3 is 20.1 Å². The molecular weight excluding hydrogens is 304 g/mol. The predicted octanol–water partition coefficient (Wildman–Crippen LogP) is 3.85. The van der Waals surface area contributed by atoms with E-state index in [4.69, 9.17) is 9.47 Å². The number of hydrogen-bond donors (Lipinski definition) is 2. The number of carbonyl (C=O) groups is 1. The van der Waals surface area contributed by atoms with Crippen molar-refractivity contribution in [3.8, 4) is 11.5 Å². The number of aryl methyl sites for hydroxylation is 1. The average molecular weight is 328 g/mol. The summed E-state index contributed by atoms with van der Waals surface area (Å²) in [5.41, 5.74) is 1.95. The van der Waals surface area contributed by atoms with E-state index in [1.165, 1.54) is 0 Å². The highest BCUT2D eigenvalue weighted by Crippen LogP contribution is 2.17. The molecule has 24 heavy (non-hydrogen) atoms. The zero-order valence-electron chi connectivity index (χ0n) is 14.2. The van der Waals surface area contributed by atoms with Crippen molar-refractivity contribution >= 4 is 11.7 Å². The van der Waals surface area contributed by atoms with E-state index in [0.29, 0.717) is 19.8 Å². The maximum atomic E-state index is 11.9. The second-order valence-electron chi connectivity index (χ2n) is 5.14. The topological polar surface area (TPSA) is 59.6 Å². The van der Waals surface area contributed by atoms with Crippen LogP contribution in [0.4, 0.5) is 10.5 Å². The van der Waals surface area contributed by atoms with Crippen LogP contribution < -0.4 is 20.1 Å². The Balaban J connectivity index is 1.71. The first-order chi connectivity index (χ1) is 11.7. The van der Waals surface area contributed by atoms with Crippen molar-refractivity contribution in [3.05, 3.63) is 54.1 Å². The third-order valence-electron chi connectivity index (χ3n) is 3.44. The smallest absolute Gasteiger partial charge is 0.319 e. The molecule has 2 amide bonds. The zero-order valence-corrected chi connectivity index (χ0v) is 14.2. The summed E-state index contributed by atoms with van der Waals surface area (Å²) in [4.78, 5) is 11.9.